The van der Waals surface area contributed by atoms with Crippen LogP contribution >= 0.6 is 0 Å². The Morgan fingerprint density at radius 2 is 1.81 bits per heavy atom. The topological polar surface area (TPSA) is 63.0 Å². The first kappa shape index (κ1) is 16.8. The molecule has 2 aliphatic heterocycles. The summed E-state index contributed by atoms with van der Waals surface area (Å²) in [6, 6.07) is 11.0. The van der Waals surface area contributed by atoms with E-state index in [1.54, 1.807) is 17.0 Å². The van der Waals surface area contributed by atoms with Gasteiger partial charge < -0.3 is 19.0 Å². The van der Waals surface area contributed by atoms with E-state index in [4.69, 9.17) is 9.15 Å². The van der Waals surface area contributed by atoms with Gasteiger partial charge in [-0.1, -0.05) is 18.2 Å². The van der Waals surface area contributed by atoms with E-state index in [0.717, 1.165) is 11.1 Å². The fraction of sp³-hybridized carbons (Fsp3) is 0.400. The molecule has 0 radical (unpaired) electrons. The van der Waals surface area contributed by atoms with Crippen molar-refractivity contribution in [3.05, 3.63) is 59.5 Å². The molecule has 0 bridgehead atoms. The monoisotopic (exact) mass is 354 g/mol. The molecular formula is C20H22N2O4. The maximum atomic E-state index is 12.9. The second-order valence-corrected chi connectivity index (χ2v) is 6.92. The SMILES string of the molecule is Cc1ccccc1C(=O)N1C[C@@H]2CN(C(=O)c3ccco3)CCO[C@@H]2C1. The summed E-state index contributed by atoms with van der Waals surface area (Å²) in [5, 5.41) is 0. The van der Waals surface area contributed by atoms with Crippen molar-refractivity contribution in [2.75, 3.05) is 32.8 Å². The molecule has 2 saturated heterocycles. The molecule has 2 aliphatic rings. The predicted octanol–water partition coefficient (Wildman–Crippen LogP) is 2.20. The highest BCUT2D eigenvalue weighted by atomic mass is 16.5. The van der Waals surface area contributed by atoms with Crippen LogP contribution < -0.4 is 0 Å². The Morgan fingerprint density at radius 3 is 2.58 bits per heavy atom. The average molecular weight is 354 g/mol. The number of hydrogen-bond acceptors (Lipinski definition) is 4. The van der Waals surface area contributed by atoms with Gasteiger partial charge in [0.25, 0.3) is 11.8 Å². The molecule has 26 heavy (non-hydrogen) atoms. The zero-order valence-electron chi connectivity index (χ0n) is 14.8. The second-order valence-electron chi connectivity index (χ2n) is 6.92. The number of furan rings is 1. The van der Waals surface area contributed by atoms with Crippen LogP contribution in [-0.4, -0.2) is 60.5 Å². The first-order chi connectivity index (χ1) is 12.6. The summed E-state index contributed by atoms with van der Waals surface area (Å²) < 4.78 is 11.2. The van der Waals surface area contributed by atoms with Gasteiger partial charge in [-0.05, 0) is 30.7 Å². The summed E-state index contributed by atoms with van der Waals surface area (Å²) in [7, 11) is 0. The summed E-state index contributed by atoms with van der Waals surface area (Å²) in [4.78, 5) is 29.1. The fourth-order valence-corrected chi connectivity index (χ4v) is 3.78. The minimum Gasteiger partial charge on any atom is -0.459 e. The van der Waals surface area contributed by atoms with Crippen molar-refractivity contribution in [1.29, 1.82) is 0 Å². The van der Waals surface area contributed by atoms with E-state index < -0.39 is 0 Å². The molecule has 0 N–H and O–H groups in total. The highest BCUT2D eigenvalue weighted by Crippen LogP contribution is 2.26. The third kappa shape index (κ3) is 3.12. The number of rotatable bonds is 2. The molecule has 1 aromatic heterocycles. The summed E-state index contributed by atoms with van der Waals surface area (Å²) in [6.45, 7) is 4.70. The van der Waals surface area contributed by atoms with Gasteiger partial charge in [-0.15, -0.1) is 0 Å². The van der Waals surface area contributed by atoms with E-state index in [1.807, 2.05) is 36.1 Å². The van der Waals surface area contributed by atoms with Crippen LogP contribution in [-0.2, 0) is 4.74 Å². The summed E-state index contributed by atoms with van der Waals surface area (Å²) in [5.41, 5.74) is 1.70. The molecule has 6 heteroatoms. The standard InChI is InChI=1S/C20H22N2O4/c1-14-5-2-3-6-16(14)19(23)22-12-15-11-21(8-10-26-18(15)13-22)20(24)17-7-4-9-25-17/h2-7,9,15,18H,8,10-13H2,1H3/t15-,18+/m0/s1. The first-order valence-electron chi connectivity index (χ1n) is 8.93. The molecule has 3 heterocycles. The van der Waals surface area contributed by atoms with E-state index >= 15 is 0 Å². The molecule has 0 spiro atoms. The summed E-state index contributed by atoms with van der Waals surface area (Å²) >= 11 is 0. The Kier molecular flexibility index (Phi) is 4.51. The lowest BCUT2D eigenvalue weighted by molar-refractivity contribution is 0.0475. The van der Waals surface area contributed by atoms with E-state index in [2.05, 4.69) is 0 Å². The Labute approximate surface area is 152 Å². The van der Waals surface area contributed by atoms with E-state index in [1.165, 1.54) is 6.26 Å². The van der Waals surface area contributed by atoms with Crippen LogP contribution in [0.25, 0.3) is 0 Å². The number of benzene rings is 1. The Hall–Kier alpha value is -2.60. The van der Waals surface area contributed by atoms with Crippen LogP contribution in [0.5, 0.6) is 0 Å². The zero-order chi connectivity index (χ0) is 18.1. The molecule has 1 aromatic carbocycles. The minimum absolute atomic E-state index is 0.0302. The number of carbonyl (C=O) groups is 2. The van der Waals surface area contributed by atoms with Gasteiger partial charge in [-0.25, -0.2) is 0 Å². The van der Waals surface area contributed by atoms with E-state index in [9.17, 15) is 9.59 Å². The Morgan fingerprint density at radius 1 is 1.00 bits per heavy atom. The zero-order valence-corrected chi connectivity index (χ0v) is 14.8. The molecule has 136 valence electrons. The molecule has 0 aliphatic carbocycles. The number of amides is 2. The molecule has 0 saturated carbocycles. The molecule has 2 amide bonds. The van der Waals surface area contributed by atoms with Crippen molar-refractivity contribution in [2.24, 2.45) is 5.92 Å². The number of carbonyl (C=O) groups excluding carboxylic acids is 2. The van der Waals surface area contributed by atoms with Crippen LogP contribution in [0.1, 0.15) is 26.5 Å². The van der Waals surface area contributed by atoms with Crippen LogP contribution in [0.2, 0.25) is 0 Å². The highest BCUT2D eigenvalue weighted by molar-refractivity contribution is 5.96. The van der Waals surface area contributed by atoms with Crippen molar-refractivity contribution < 1.29 is 18.7 Å². The van der Waals surface area contributed by atoms with Crippen LogP contribution in [0.3, 0.4) is 0 Å². The van der Waals surface area contributed by atoms with Gasteiger partial charge in [0.1, 0.15) is 0 Å². The fourth-order valence-electron chi connectivity index (χ4n) is 3.78. The molecule has 4 rings (SSSR count). The van der Waals surface area contributed by atoms with Gasteiger partial charge in [0.2, 0.25) is 0 Å². The van der Waals surface area contributed by atoms with Crippen molar-refractivity contribution in [1.82, 2.24) is 9.80 Å². The number of fused-ring (bicyclic) bond motifs is 1. The number of hydrogen-bond donors (Lipinski definition) is 0. The summed E-state index contributed by atoms with van der Waals surface area (Å²) in [5.74, 6) is 0.366. The van der Waals surface area contributed by atoms with Gasteiger partial charge in [0.15, 0.2) is 5.76 Å². The van der Waals surface area contributed by atoms with Crippen molar-refractivity contribution in [3.8, 4) is 0 Å². The largest absolute Gasteiger partial charge is 0.459 e. The summed E-state index contributed by atoms with van der Waals surface area (Å²) in [6.07, 6.45) is 1.47. The van der Waals surface area contributed by atoms with Gasteiger partial charge in [-0.2, -0.15) is 0 Å². The number of nitrogens with zero attached hydrogens (tertiary/aromatic N) is 2. The van der Waals surface area contributed by atoms with Crippen molar-refractivity contribution >= 4 is 11.8 Å². The molecule has 2 atom stereocenters. The van der Waals surface area contributed by atoms with Gasteiger partial charge in [0.05, 0.1) is 19.0 Å². The average Bonchev–Trinajstić information content (AvgIpc) is 3.27. The lowest BCUT2D eigenvalue weighted by atomic mass is 10.1. The molecule has 0 unspecified atom stereocenters. The maximum Gasteiger partial charge on any atom is 0.289 e. The van der Waals surface area contributed by atoms with E-state index in [0.29, 0.717) is 38.5 Å². The normalized spacial score (nSPS) is 22.8. The molecule has 2 aromatic rings. The number of likely N-dealkylation sites (tertiary alicyclic amines) is 1. The van der Waals surface area contributed by atoms with Crippen molar-refractivity contribution in [3.63, 3.8) is 0 Å². The van der Waals surface area contributed by atoms with Crippen LogP contribution in [0, 0.1) is 12.8 Å². The maximum absolute atomic E-state index is 12.9. The highest BCUT2D eigenvalue weighted by Gasteiger charge is 2.40. The second kappa shape index (κ2) is 6.96. The Bertz CT molecular complexity index is 802. The lowest BCUT2D eigenvalue weighted by Gasteiger charge is -2.23. The minimum atomic E-state index is -0.122. The number of ether oxygens (including phenoxy) is 1. The third-order valence-corrected chi connectivity index (χ3v) is 5.21. The quantitative estimate of drug-likeness (QED) is 0.829. The lowest BCUT2D eigenvalue weighted by Crippen LogP contribution is -2.37. The van der Waals surface area contributed by atoms with E-state index in [-0.39, 0.29) is 23.8 Å². The van der Waals surface area contributed by atoms with Crippen LogP contribution in [0.4, 0.5) is 0 Å². The molecule has 2 fully saturated rings. The Balaban J connectivity index is 1.47. The predicted molar refractivity (Wildman–Crippen MR) is 94.9 cm³/mol. The first-order valence-corrected chi connectivity index (χ1v) is 8.93. The van der Waals surface area contributed by atoms with Crippen molar-refractivity contribution in [2.45, 2.75) is 13.0 Å². The van der Waals surface area contributed by atoms with Gasteiger partial charge >= 0.3 is 0 Å². The van der Waals surface area contributed by atoms with Gasteiger partial charge in [-0.3, -0.25) is 9.59 Å². The van der Waals surface area contributed by atoms with Crippen LogP contribution in [0.15, 0.2) is 47.1 Å². The third-order valence-electron chi connectivity index (χ3n) is 5.21. The number of aryl methyl sites for hydroxylation is 1. The van der Waals surface area contributed by atoms with Gasteiger partial charge in [0, 0.05) is 37.7 Å². The smallest absolute Gasteiger partial charge is 0.289 e. The molecule has 6 nitrogen and oxygen atoms in total. The molecular weight excluding hydrogens is 332 g/mol.